The summed E-state index contributed by atoms with van der Waals surface area (Å²) in [6.45, 7) is 14.7. The number of rotatable bonds is 6. The molecule has 2 aliphatic rings. The summed E-state index contributed by atoms with van der Waals surface area (Å²) in [4.78, 5) is 16.4. The highest BCUT2D eigenvalue weighted by molar-refractivity contribution is 5.73. The summed E-state index contributed by atoms with van der Waals surface area (Å²) >= 11 is 0. The van der Waals surface area contributed by atoms with Crippen molar-refractivity contribution in [1.82, 2.24) is 15.6 Å². The van der Waals surface area contributed by atoms with E-state index in [1.165, 1.54) is 18.9 Å². The molecule has 0 bridgehead atoms. The van der Waals surface area contributed by atoms with E-state index in [-0.39, 0.29) is 34.4 Å². The van der Waals surface area contributed by atoms with E-state index in [1.54, 1.807) is 0 Å². The summed E-state index contributed by atoms with van der Waals surface area (Å²) in [5.41, 5.74) is 2.08. The minimum atomic E-state index is -0.696. The molecule has 1 aliphatic heterocycles. The maximum Gasteiger partial charge on any atom is 0.218 e. The number of carbonyl (C=O) groups is 1. The molecule has 1 aliphatic carbocycles. The van der Waals surface area contributed by atoms with Crippen LogP contribution >= 0.6 is 0 Å². The zero-order valence-electron chi connectivity index (χ0n) is 20.3. The Morgan fingerprint density at radius 1 is 1.29 bits per heavy atom. The number of hydrogen-bond donors (Lipinski definition) is 3. The predicted octanol–water partition coefficient (Wildman–Crippen LogP) is 3.92. The molecule has 6 nitrogen and oxygen atoms in total. The van der Waals surface area contributed by atoms with Crippen LogP contribution in [0.1, 0.15) is 91.3 Å². The number of ether oxygens (including phenoxy) is 1. The monoisotopic (exact) mass is 431 g/mol. The Morgan fingerprint density at radius 3 is 2.48 bits per heavy atom. The summed E-state index contributed by atoms with van der Waals surface area (Å²) in [5, 5.41) is 17.5. The summed E-state index contributed by atoms with van der Waals surface area (Å²) in [7, 11) is 0. The minimum Gasteiger partial charge on any atom is -0.471 e. The van der Waals surface area contributed by atoms with Gasteiger partial charge in [-0.1, -0.05) is 41.5 Å². The van der Waals surface area contributed by atoms with Crippen LogP contribution in [-0.2, 0) is 11.2 Å². The third kappa shape index (κ3) is 5.98. The van der Waals surface area contributed by atoms with Gasteiger partial charge in [-0.25, -0.2) is 4.98 Å². The summed E-state index contributed by atoms with van der Waals surface area (Å²) in [6, 6.07) is 1.96. The number of amides is 1. The first-order valence-corrected chi connectivity index (χ1v) is 11.6. The zero-order valence-corrected chi connectivity index (χ0v) is 20.3. The van der Waals surface area contributed by atoms with Crippen LogP contribution < -0.4 is 15.4 Å². The lowest BCUT2D eigenvalue weighted by molar-refractivity contribution is -0.121. The van der Waals surface area contributed by atoms with Crippen LogP contribution in [0.25, 0.3) is 0 Å². The van der Waals surface area contributed by atoms with Crippen LogP contribution in [0.15, 0.2) is 12.3 Å². The summed E-state index contributed by atoms with van der Waals surface area (Å²) in [5.74, 6) is 0.602. The lowest BCUT2D eigenvalue weighted by Crippen LogP contribution is -2.55. The van der Waals surface area contributed by atoms with Gasteiger partial charge in [-0.15, -0.1) is 0 Å². The summed E-state index contributed by atoms with van der Waals surface area (Å²) in [6.07, 6.45) is 6.36. The molecule has 1 fully saturated rings. The van der Waals surface area contributed by atoms with E-state index in [2.05, 4.69) is 37.5 Å². The van der Waals surface area contributed by atoms with Crippen molar-refractivity contribution in [1.29, 1.82) is 0 Å². The first-order valence-electron chi connectivity index (χ1n) is 11.6. The van der Waals surface area contributed by atoms with Gasteiger partial charge in [-0.2, -0.15) is 0 Å². The molecule has 3 atom stereocenters. The normalized spacial score (nSPS) is 22.1. The molecule has 0 unspecified atom stereocenters. The number of nitrogens with one attached hydrogen (secondary N) is 2. The molecule has 1 saturated carbocycles. The number of fused-ring (bicyclic) bond motifs is 1. The van der Waals surface area contributed by atoms with Crippen LogP contribution in [0.2, 0.25) is 0 Å². The zero-order chi connectivity index (χ0) is 23.0. The molecule has 2 heterocycles. The van der Waals surface area contributed by atoms with E-state index in [1.807, 2.05) is 27.0 Å². The number of aliphatic hydroxyl groups is 1. The quantitative estimate of drug-likeness (QED) is 0.636. The topological polar surface area (TPSA) is 83.5 Å². The highest BCUT2D eigenvalue weighted by Crippen LogP contribution is 2.48. The molecule has 31 heavy (non-hydrogen) atoms. The number of aromatic nitrogens is 1. The Hall–Kier alpha value is -1.66. The molecule has 1 aromatic heterocycles. The van der Waals surface area contributed by atoms with Crippen molar-refractivity contribution >= 4 is 5.91 Å². The first-order chi connectivity index (χ1) is 14.3. The second kappa shape index (κ2) is 8.70. The standard InChI is InChI=1S/C25H41N3O3/c1-16(29)28-21(24(5,6)7)20(30)15-26-19-13-25(9-8-10-25)31-22-18(19)11-17(14-27-22)12-23(2,3)4/h11,14,19-21,26,30H,8-10,12-13,15H2,1-7H3,(H,28,29)/t19-,20+,21+/m0/s1. The summed E-state index contributed by atoms with van der Waals surface area (Å²) < 4.78 is 6.36. The van der Waals surface area contributed by atoms with E-state index in [9.17, 15) is 9.90 Å². The maximum atomic E-state index is 11.7. The smallest absolute Gasteiger partial charge is 0.218 e. The Morgan fingerprint density at radius 2 is 1.97 bits per heavy atom. The molecule has 1 spiro atoms. The maximum absolute atomic E-state index is 11.7. The van der Waals surface area contributed by atoms with Gasteiger partial charge >= 0.3 is 0 Å². The van der Waals surface area contributed by atoms with E-state index in [0.29, 0.717) is 6.54 Å². The molecule has 174 valence electrons. The van der Waals surface area contributed by atoms with Gasteiger partial charge in [-0.05, 0) is 48.1 Å². The number of aliphatic hydroxyl groups excluding tert-OH is 1. The van der Waals surface area contributed by atoms with Gasteiger partial charge in [0.05, 0.1) is 12.1 Å². The Kier molecular flexibility index (Phi) is 6.73. The SMILES string of the molecule is CC(=O)N[C@H]([C@H](O)CN[C@H]1CC2(CCC2)Oc2ncc(CC(C)(C)C)cc21)C(C)(C)C. The molecule has 3 N–H and O–H groups in total. The van der Waals surface area contributed by atoms with Crippen LogP contribution in [0, 0.1) is 10.8 Å². The second-order valence-corrected chi connectivity index (χ2v) is 11.9. The van der Waals surface area contributed by atoms with E-state index in [0.717, 1.165) is 37.1 Å². The molecule has 0 radical (unpaired) electrons. The second-order valence-electron chi connectivity index (χ2n) is 11.9. The highest BCUT2D eigenvalue weighted by atomic mass is 16.5. The fraction of sp³-hybridized carbons (Fsp3) is 0.760. The molecule has 1 aromatic rings. The van der Waals surface area contributed by atoms with E-state index >= 15 is 0 Å². The van der Waals surface area contributed by atoms with Gasteiger partial charge in [0.1, 0.15) is 5.60 Å². The van der Waals surface area contributed by atoms with Gasteiger partial charge in [0.2, 0.25) is 11.8 Å². The van der Waals surface area contributed by atoms with Gasteiger partial charge < -0.3 is 20.5 Å². The Bertz CT molecular complexity index is 790. The van der Waals surface area contributed by atoms with Gasteiger partial charge in [-0.3, -0.25) is 4.79 Å². The van der Waals surface area contributed by atoms with E-state index in [4.69, 9.17) is 9.72 Å². The van der Waals surface area contributed by atoms with Crippen molar-refractivity contribution in [3.63, 3.8) is 0 Å². The van der Waals surface area contributed by atoms with Crippen molar-refractivity contribution in [2.75, 3.05) is 6.54 Å². The molecular weight excluding hydrogens is 390 g/mol. The molecule has 6 heteroatoms. The third-order valence-electron chi connectivity index (χ3n) is 6.45. The van der Waals surface area contributed by atoms with Gasteiger partial charge in [0.25, 0.3) is 0 Å². The van der Waals surface area contributed by atoms with Crippen LogP contribution in [0.5, 0.6) is 5.88 Å². The third-order valence-corrected chi connectivity index (χ3v) is 6.45. The highest BCUT2D eigenvalue weighted by Gasteiger charge is 2.46. The lowest BCUT2D eigenvalue weighted by Gasteiger charge is -2.47. The molecule has 0 aromatic carbocycles. The molecular formula is C25H41N3O3. The number of carbonyl (C=O) groups excluding carboxylic acids is 1. The minimum absolute atomic E-state index is 0.0732. The van der Waals surface area contributed by atoms with Crippen molar-refractivity contribution < 1.29 is 14.6 Å². The molecule has 0 saturated heterocycles. The number of nitrogens with zero attached hydrogens (tertiary/aromatic N) is 1. The molecule has 1 amide bonds. The Labute approximate surface area is 187 Å². The van der Waals surface area contributed by atoms with Crippen molar-refractivity contribution in [3.05, 3.63) is 23.4 Å². The van der Waals surface area contributed by atoms with E-state index < -0.39 is 6.10 Å². The first kappa shape index (κ1) is 24.0. The van der Waals surface area contributed by atoms with Gasteiger partial charge in [0.15, 0.2) is 0 Å². The average Bonchev–Trinajstić information content (AvgIpc) is 2.60. The van der Waals surface area contributed by atoms with Crippen LogP contribution in [0.3, 0.4) is 0 Å². The fourth-order valence-electron chi connectivity index (χ4n) is 4.84. The molecule has 3 rings (SSSR count). The van der Waals surface area contributed by atoms with Crippen LogP contribution in [-0.4, -0.2) is 40.3 Å². The van der Waals surface area contributed by atoms with Crippen molar-refractivity contribution in [2.24, 2.45) is 10.8 Å². The lowest BCUT2D eigenvalue weighted by atomic mass is 9.73. The number of hydrogen-bond acceptors (Lipinski definition) is 5. The van der Waals surface area contributed by atoms with Crippen molar-refractivity contribution in [2.45, 2.75) is 104 Å². The Balaban J connectivity index is 1.79. The largest absolute Gasteiger partial charge is 0.471 e. The average molecular weight is 432 g/mol. The van der Waals surface area contributed by atoms with Gasteiger partial charge in [0, 0.05) is 37.7 Å². The van der Waals surface area contributed by atoms with Crippen molar-refractivity contribution in [3.8, 4) is 5.88 Å². The van der Waals surface area contributed by atoms with Crippen LogP contribution in [0.4, 0.5) is 0 Å². The fourth-order valence-corrected chi connectivity index (χ4v) is 4.84. The number of pyridine rings is 1. The predicted molar refractivity (Wildman–Crippen MR) is 123 cm³/mol.